The summed E-state index contributed by atoms with van der Waals surface area (Å²) in [5, 5.41) is 11.9. The van der Waals surface area contributed by atoms with Crippen molar-refractivity contribution in [3.8, 4) is 5.75 Å². The molecule has 0 bridgehead atoms. The highest BCUT2D eigenvalue weighted by Crippen LogP contribution is 2.15. The van der Waals surface area contributed by atoms with E-state index >= 15 is 0 Å². The maximum atomic E-state index is 13.6. The molecule has 21 heavy (non-hydrogen) atoms. The number of phenolic OH excluding ortho intramolecular Hbond substituents is 1. The number of aromatic hydroxyl groups is 1. The van der Waals surface area contributed by atoms with Crippen LogP contribution in [-0.2, 0) is 4.74 Å². The van der Waals surface area contributed by atoms with Crippen molar-refractivity contribution in [2.45, 2.75) is 6.92 Å². The van der Waals surface area contributed by atoms with Crippen molar-refractivity contribution in [3.05, 3.63) is 29.6 Å². The zero-order chi connectivity index (χ0) is 15.2. The van der Waals surface area contributed by atoms with Crippen LogP contribution in [0.4, 0.5) is 4.39 Å². The second-order valence-corrected chi connectivity index (χ2v) is 5.39. The highest BCUT2D eigenvalue weighted by atomic mass is 19.1. The summed E-state index contributed by atoms with van der Waals surface area (Å²) in [6.45, 7) is 6.71. The molecule has 5 nitrogen and oxygen atoms in total. The summed E-state index contributed by atoms with van der Waals surface area (Å²) in [7, 11) is 0. The summed E-state index contributed by atoms with van der Waals surface area (Å²) in [6, 6.07) is 3.52. The minimum Gasteiger partial charge on any atom is -0.508 e. The first-order valence-electron chi connectivity index (χ1n) is 7.13. The van der Waals surface area contributed by atoms with Gasteiger partial charge in [-0.05, 0) is 18.1 Å². The minimum absolute atomic E-state index is 0.0497. The van der Waals surface area contributed by atoms with Crippen LogP contribution in [0.1, 0.15) is 17.3 Å². The van der Waals surface area contributed by atoms with Crippen LogP contribution < -0.4 is 5.32 Å². The molecule has 1 aromatic rings. The van der Waals surface area contributed by atoms with Crippen molar-refractivity contribution in [2.24, 2.45) is 5.92 Å². The Kier molecular flexibility index (Phi) is 5.52. The van der Waals surface area contributed by atoms with E-state index in [1.165, 1.54) is 12.1 Å². The predicted molar refractivity (Wildman–Crippen MR) is 76.8 cm³/mol. The SMILES string of the molecule is C[C@H](CNC(=O)c1ccc(O)cc1F)CN1CCOCC1. The number of rotatable bonds is 5. The van der Waals surface area contributed by atoms with E-state index in [0.29, 0.717) is 6.54 Å². The topological polar surface area (TPSA) is 61.8 Å². The van der Waals surface area contributed by atoms with Crippen LogP contribution in [0, 0.1) is 11.7 Å². The average molecular weight is 296 g/mol. The van der Waals surface area contributed by atoms with Gasteiger partial charge in [0.1, 0.15) is 11.6 Å². The Morgan fingerprint density at radius 2 is 2.19 bits per heavy atom. The number of nitrogens with zero attached hydrogens (tertiary/aromatic N) is 1. The molecule has 1 heterocycles. The molecule has 1 aliphatic heterocycles. The molecule has 1 fully saturated rings. The molecule has 2 N–H and O–H groups in total. The first-order valence-corrected chi connectivity index (χ1v) is 7.13. The summed E-state index contributed by atoms with van der Waals surface area (Å²) in [5.41, 5.74) is -0.0497. The molecule has 1 aromatic carbocycles. The van der Waals surface area contributed by atoms with Crippen LogP contribution in [0.2, 0.25) is 0 Å². The fraction of sp³-hybridized carbons (Fsp3) is 0.533. The van der Waals surface area contributed by atoms with Gasteiger partial charge in [-0.3, -0.25) is 9.69 Å². The molecule has 1 aliphatic rings. The van der Waals surface area contributed by atoms with E-state index in [9.17, 15) is 9.18 Å². The van der Waals surface area contributed by atoms with Crippen LogP contribution in [0.3, 0.4) is 0 Å². The highest BCUT2D eigenvalue weighted by Gasteiger charge is 2.16. The molecule has 6 heteroatoms. The number of morpholine rings is 1. The van der Waals surface area contributed by atoms with E-state index in [0.717, 1.165) is 38.9 Å². The van der Waals surface area contributed by atoms with E-state index in [1.807, 2.05) is 6.92 Å². The van der Waals surface area contributed by atoms with E-state index in [4.69, 9.17) is 9.84 Å². The third kappa shape index (κ3) is 4.68. The summed E-state index contributed by atoms with van der Waals surface area (Å²) in [5.74, 6) is -1.09. The quantitative estimate of drug-likeness (QED) is 0.858. The predicted octanol–water partition coefficient (Wildman–Crippen LogP) is 1.23. The van der Waals surface area contributed by atoms with Gasteiger partial charge in [0.25, 0.3) is 5.91 Å². The van der Waals surface area contributed by atoms with Crippen molar-refractivity contribution in [3.63, 3.8) is 0 Å². The van der Waals surface area contributed by atoms with E-state index < -0.39 is 11.7 Å². The van der Waals surface area contributed by atoms with Crippen LogP contribution in [0.25, 0.3) is 0 Å². The largest absolute Gasteiger partial charge is 0.508 e. The normalized spacial score (nSPS) is 17.4. The Balaban J connectivity index is 1.80. The standard InChI is InChI=1S/C15H21FN2O3/c1-11(10-18-4-6-21-7-5-18)9-17-15(20)13-3-2-12(19)8-14(13)16/h2-3,8,11,19H,4-7,9-10H2,1H3,(H,17,20)/t11-/m1/s1. The molecule has 0 aliphatic carbocycles. The monoisotopic (exact) mass is 296 g/mol. The van der Waals surface area contributed by atoms with Gasteiger partial charge >= 0.3 is 0 Å². The molecule has 2 rings (SSSR count). The fourth-order valence-corrected chi connectivity index (χ4v) is 2.34. The van der Waals surface area contributed by atoms with Crippen molar-refractivity contribution < 1.29 is 19.0 Å². The number of nitrogens with one attached hydrogen (secondary N) is 1. The minimum atomic E-state index is -0.715. The van der Waals surface area contributed by atoms with Gasteiger partial charge in [0.05, 0.1) is 18.8 Å². The average Bonchev–Trinajstić information content (AvgIpc) is 2.46. The zero-order valence-corrected chi connectivity index (χ0v) is 12.1. The second-order valence-electron chi connectivity index (χ2n) is 5.39. The number of phenols is 1. The molecule has 1 atom stereocenters. The molecular formula is C15H21FN2O3. The molecule has 1 amide bonds. The maximum absolute atomic E-state index is 13.6. The lowest BCUT2D eigenvalue weighted by molar-refractivity contribution is 0.0317. The van der Waals surface area contributed by atoms with Crippen LogP contribution in [0.5, 0.6) is 5.75 Å². The fourth-order valence-electron chi connectivity index (χ4n) is 2.34. The Bertz CT molecular complexity index is 490. The lowest BCUT2D eigenvalue weighted by atomic mass is 10.1. The maximum Gasteiger partial charge on any atom is 0.254 e. The zero-order valence-electron chi connectivity index (χ0n) is 12.1. The number of amides is 1. The number of hydrogen-bond acceptors (Lipinski definition) is 4. The van der Waals surface area contributed by atoms with Gasteiger partial charge in [-0.1, -0.05) is 6.92 Å². The number of hydrogen-bond donors (Lipinski definition) is 2. The molecule has 1 saturated heterocycles. The van der Waals surface area contributed by atoms with Gasteiger partial charge in [-0.15, -0.1) is 0 Å². The molecule has 0 spiro atoms. The molecule has 0 saturated carbocycles. The number of benzene rings is 1. The van der Waals surface area contributed by atoms with Gasteiger partial charge in [-0.2, -0.15) is 0 Å². The smallest absolute Gasteiger partial charge is 0.254 e. The van der Waals surface area contributed by atoms with E-state index in [1.54, 1.807) is 0 Å². The summed E-state index contributed by atoms with van der Waals surface area (Å²) >= 11 is 0. The lowest BCUT2D eigenvalue weighted by Crippen LogP contribution is -2.41. The summed E-state index contributed by atoms with van der Waals surface area (Å²) < 4.78 is 18.8. The van der Waals surface area contributed by atoms with Crippen molar-refractivity contribution >= 4 is 5.91 Å². The van der Waals surface area contributed by atoms with Crippen molar-refractivity contribution in [1.82, 2.24) is 10.2 Å². The number of halogens is 1. The highest BCUT2D eigenvalue weighted by molar-refractivity contribution is 5.94. The van der Waals surface area contributed by atoms with E-state index in [2.05, 4.69) is 10.2 Å². The van der Waals surface area contributed by atoms with Gasteiger partial charge in [0.15, 0.2) is 0 Å². The van der Waals surface area contributed by atoms with Gasteiger partial charge in [0, 0.05) is 32.2 Å². The third-order valence-corrected chi connectivity index (χ3v) is 3.48. The molecule has 116 valence electrons. The van der Waals surface area contributed by atoms with E-state index in [-0.39, 0.29) is 17.2 Å². The van der Waals surface area contributed by atoms with Gasteiger partial charge in [-0.25, -0.2) is 4.39 Å². The summed E-state index contributed by atoms with van der Waals surface area (Å²) in [4.78, 5) is 14.2. The lowest BCUT2D eigenvalue weighted by Gasteiger charge is -2.29. The molecule has 0 unspecified atom stereocenters. The first-order chi connectivity index (χ1) is 10.1. The van der Waals surface area contributed by atoms with Crippen LogP contribution in [-0.4, -0.2) is 55.3 Å². The molecule has 0 aromatic heterocycles. The molecule has 0 radical (unpaired) electrons. The number of carbonyl (C=O) groups excluding carboxylic acids is 1. The Morgan fingerprint density at radius 3 is 2.86 bits per heavy atom. The number of carbonyl (C=O) groups is 1. The number of ether oxygens (including phenoxy) is 1. The molecular weight excluding hydrogens is 275 g/mol. The Labute approximate surface area is 123 Å². The second kappa shape index (κ2) is 7.38. The van der Waals surface area contributed by atoms with Crippen LogP contribution >= 0.6 is 0 Å². The Hall–Kier alpha value is -1.66. The Morgan fingerprint density at radius 1 is 1.48 bits per heavy atom. The van der Waals surface area contributed by atoms with Gasteiger partial charge in [0.2, 0.25) is 0 Å². The summed E-state index contributed by atoms with van der Waals surface area (Å²) in [6.07, 6.45) is 0. The van der Waals surface area contributed by atoms with Crippen LogP contribution in [0.15, 0.2) is 18.2 Å². The van der Waals surface area contributed by atoms with Crippen molar-refractivity contribution in [1.29, 1.82) is 0 Å². The van der Waals surface area contributed by atoms with Crippen molar-refractivity contribution in [2.75, 3.05) is 39.4 Å². The third-order valence-electron chi connectivity index (χ3n) is 3.48. The first kappa shape index (κ1) is 15.7. The van der Waals surface area contributed by atoms with Gasteiger partial charge < -0.3 is 15.2 Å².